The summed E-state index contributed by atoms with van der Waals surface area (Å²) >= 11 is 1.74. The Hall–Kier alpha value is -3.04. The minimum atomic E-state index is -0.459. The Morgan fingerprint density at radius 3 is 2.58 bits per heavy atom. The molecule has 3 N–H and O–H groups in total. The van der Waals surface area contributed by atoms with Gasteiger partial charge in [0.15, 0.2) is 0 Å². The van der Waals surface area contributed by atoms with E-state index in [-0.39, 0.29) is 24.2 Å². The van der Waals surface area contributed by atoms with E-state index in [1.165, 1.54) is 43.2 Å². The first kappa shape index (κ1) is 23.1. The van der Waals surface area contributed by atoms with Crippen molar-refractivity contribution in [2.24, 2.45) is 0 Å². The van der Waals surface area contributed by atoms with Crippen LogP contribution in [-0.2, 0) is 0 Å². The molecule has 0 aliphatic heterocycles. The summed E-state index contributed by atoms with van der Waals surface area (Å²) in [5.41, 5.74) is 2.57. The van der Waals surface area contributed by atoms with Gasteiger partial charge in [-0.05, 0) is 37.5 Å². The second kappa shape index (κ2) is 10.7. The van der Waals surface area contributed by atoms with E-state index < -0.39 is 4.92 Å². The molecule has 174 valence electrons. The molecule has 2 aromatic heterocycles. The van der Waals surface area contributed by atoms with Crippen molar-refractivity contribution in [2.75, 3.05) is 17.2 Å². The summed E-state index contributed by atoms with van der Waals surface area (Å²) in [5, 5.41) is 30.4. The van der Waals surface area contributed by atoms with Crippen molar-refractivity contribution in [2.45, 2.75) is 57.4 Å². The van der Waals surface area contributed by atoms with Crippen molar-refractivity contribution in [3.05, 3.63) is 56.9 Å². The molecular formula is C24H29N5O3S. The Kier molecular flexibility index (Phi) is 7.51. The third-order valence-electron chi connectivity index (χ3n) is 6.06. The van der Waals surface area contributed by atoms with Crippen LogP contribution in [0.25, 0.3) is 11.3 Å². The summed E-state index contributed by atoms with van der Waals surface area (Å²) in [6.45, 7) is 1.90. The third kappa shape index (κ3) is 5.66. The maximum absolute atomic E-state index is 11.5. The zero-order valence-electron chi connectivity index (χ0n) is 18.7. The van der Waals surface area contributed by atoms with E-state index in [9.17, 15) is 15.2 Å². The number of nitro groups is 1. The maximum Gasteiger partial charge on any atom is 0.311 e. The topological polar surface area (TPSA) is 113 Å². The van der Waals surface area contributed by atoms with Crippen LogP contribution in [0, 0.1) is 10.1 Å². The molecule has 0 spiro atoms. The van der Waals surface area contributed by atoms with Gasteiger partial charge >= 0.3 is 5.69 Å². The minimum absolute atomic E-state index is 0.0432. The highest BCUT2D eigenvalue weighted by Gasteiger charge is 2.20. The lowest BCUT2D eigenvalue weighted by atomic mass is 9.90. The van der Waals surface area contributed by atoms with Crippen molar-refractivity contribution in [3.8, 4) is 11.3 Å². The lowest BCUT2D eigenvalue weighted by molar-refractivity contribution is -0.384. The van der Waals surface area contributed by atoms with Gasteiger partial charge in [-0.2, -0.15) is 0 Å². The number of hydrogen-bond acceptors (Lipinski definition) is 8. The number of anilines is 3. The number of pyridine rings is 1. The second-order valence-corrected chi connectivity index (χ2v) is 9.25. The van der Waals surface area contributed by atoms with Gasteiger partial charge in [0.05, 0.1) is 28.3 Å². The van der Waals surface area contributed by atoms with Gasteiger partial charge in [-0.1, -0.05) is 38.3 Å². The fourth-order valence-corrected chi connectivity index (χ4v) is 5.08. The number of aliphatic hydroxyl groups excluding tert-OH is 1. The molecule has 1 aliphatic rings. The fourth-order valence-electron chi connectivity index (χ4n) is 4.08. The quantitative estimate of drug-likeness (QED) is 0.258. The predicted octanol–water partition coefficient (Wildman–Crippen LogP) is 6.09. The van der Waals surface area contributed by atoms with E-state index in [0.717, 1.165) is 11.3 Å². The van der Waals surface area contributed by atoms with Gasteiger partial charge in [0.25, 0.3) is 0 Å². The van der Waals surface area contributed by atoms with Gasteiger partial charge in [0.1, 0.15) is 5.82 Å². The number of thiazole rings is 1. The monoisotopic (exact) mass is 467 g/mol. The highest BCUT2D eigenvalue weighted by atomic mass is 32.1. The molecule has 1 fully saturated rings. The molecule has 2 heterocycles. The van der Waals surface area contributed by atoms with E-state index in [2.05, 4.69) is 21.0 Å². The highest BCUT2D eigenvalue weighted by molar-refractivity contribution is 7.10. The SMILES string of the molecule is CCC(CO)Nc1ccc([N+](=O)[O-])c(Nc2ccc(-c3csc(C4CCCCC4)n3)cc2)n1. The molecule has 4 rings (SSSR count). The van der Waals surface area contributed by atoms with E-state index in [0.29, 0.717) is 23.8 Å². The molecule has 0 amide bonds. The predicted molar refractivity (Wildman–Crippen MR) is 132 cm³/mol. The van der Waals surface area contributed by atoms with E-state index >= 15 is 0 Å². The van der Waals surface area contributed by atoms with Crippen molar-refractivity contribution >= 4 is 34.3 Å². The Bertz CT molecular complexity index is 1080. The Morgan fingerprint density at radius 2 is 1.91 bits per heavy atom. The molecule has 0 radical (unpaired) electrons. The van der Waals surface area contributed by atoms with Crippen LogP contribution in [0.3, 0.4) is 0 Å². The maximum atomic E-state index is 11.5. The lowest BCUT2D eigenvalue weighted by Crippen LogP contribution is -2.23. The summed E-state index contributed by atoms with van der Waals surface area (Å²) < 4.78 is 0. The van der Waals surface area contributed by atoms with Gasteiger partial charge in [-0.3, -0.25) is 10.1 Å². The molecular weight excluding hydrogens is 438 g/mol. The van der Waals surface area contributed by atoms with Gasteiger partial charge in [-0.15, -0.1) is 11.3 Å². The van der Waals surface area contributed by atoms with Crippen LogP contribution in [-0.4, -0.2) is 32.6 Å². The van der Waals surface area contributed by atoms with Crippen LogP contribution in [0.5, 0.6) is 0 Å². The summed E-state index contributed by atoms with van der Waals surface area (Å²) in [4.78, 5) is 20.3. The summed E-state index contributed by atoms with van der Waals surface area (Å²) in [6, 6.07) is 10.5. The smallest absolute Gasteiger partial charge is 0.311 e. The number of hydrogen-bond donors (Lipinski definition) is 3. The third-order valence-corrected chi connectivity index (χ3v) is 7.06. The Morgan fingerprint density at radius 1 is 1.15 bits per heavy atom. The molecule has 0 bridgehead atoms. The number of aliphatic hydroxyl groups is 1. The zero-order chi connectivity index (χ0) is 23.2. The summed E-state index contributed by atoms with van der Waals surface area (Å²) in [5.74, 6) is 1.21. The van der Waals surface area contributed by atoms with Crippen molar-refractivity contribution < 1.29 is 10.0 Å². The molecule has 8 nitrogen and oxygen atoms in total. The largest absolute Gasteiger partial charge is 0.394 e. The van der Waals surface area contributed by atoms with E-state index in [4.69, 9.17) is 4.98 Å². The van der Waals surface area contributed by atoms with Crippen LogP contribution in [0.15, 0.2) is 41.8 Å². The van der Waals surface area contributed by atoms with Crippen LogP contribution >= 0.6 is 11.3 Å². The number of rotatable bonds is 9. The molecule has 0 saturated heterocycles. The van der Waals surface area contributed by atoms with E-state index in [1.807, 2.05) is 31.2 Å². The summed E-state index contributed by atoms with van der Waals surface area (Å²) in [6.07, 6.45) is 7.07. The molecule has 1 saturated carbocycles. The average Bonchev–Trinajstić information content (AvgIpc) is 3.34. The molecule has 1 aliphatic carbocycles. The van der Waals surface area contributed by atoms with Gasteiger partial charge in [0.2, 0.25) is 5.82 Å². The zero-order valence-corrected chi connectivity index (χ0v) is 19.5. The first-order valence-electron chi connectivity index (χ1n) is 11.4. The molecule has 3 aromatic rings. The van der Waals surface area contributed by atoms with Crippen LogP contribution < -0.4 is 10.6 Å². The molecule has 9 heteroatoms. The lowest BCUT2D eigenvalue weighted by Gasteiger charge is -2.18. The average molecular weight is 468 g/mol. The first-order chi connectivity index (χ1) is 16.1. The molecule has 1 atom stereocenters. The Balaban J connectivity index is 1.50. The van der Waals surface area contributed by atoms with Gasteiger partial charge in [0, 0.05) is 28.6 Å². The number of benzene rings is 1. The summed E-state index contributed by atoms with van der Waals surface area (Å²) in [7, 11) is 0. The van der Waals surface area contributed by atoms with Crippen LogP contribution in [0.4, 0.5) is 23.0 Å². The number of nitrogens with zero attached hydrogens (tertiary/aromatic N) is 3. The minimum Gasteiger partial charge on any atom is -0.394 e. The highest BCUT2D eigenvalue weighted by Crippen LogP contribution is 2.36. The molecule has 1 aromatic carbocycles. The van der Waals surface area contributed by atoms with Gasteiger partial charge in [-0.25, -0.2) is 9.97 Å². The fraction of sp³-hybridized carbons (Fsp3) is 0.417. The number of nitrogens with one attached hydrogen (secondary N) is 2. The standard InChI is InChI=1S/C24H29N5O3S/c1-2-18(14-30)25-22-13-12-21(29(31)32)23(28-22)26-19-10-8-16(9-11-19)20-15-33-24(27-20)17-6-4-3-5-7-17/h8-13,15,17-18,30H,2-7,14H2,1H3,(H2,25,26,28). The second-order valence-electron chi connectivity index (χ2n) is 8.36. The van der Waals surface area contributed by atoms with Crippen LogP contribution in [0.2, 0.25) is 0 Å². The number of aromatic nitrogens is 2. The van der Waals surface area contributed by atoms with Crippen molar-refractivity contribution in [1.82, 2.24) is 9.97 Å². The van der Waals surface area contributed by atoms with Gasteiger partial charge < -0.3 is 15.7 Å². The normalized spacial score (nSPS) is 15.2. The van der Waals surface area contributed by atoms with Crippen molar-refractivity contribution in [1.29, 1.82) is 0 Å². The Labute approximate surface area is 197 Å². The van der Waals surface area contributed by atoms with Crippen molar-refractivity contribution in [3.63, 3.8) is 0 Å². The van der Waals surface area contributed by atoms with Crippen LogP contribution in [0.1, 0.15) is 56.4 Å². The van der Waals surface area contributed by atoms with E-state index in [1.54, 1.807) is 17.4 Å². The molecule has 1 unspecified atom stereocenters. The first-order valence-corrected chi connectivity index (χ1v) is 12.3. The molecule has 33 heavy (non-hydrogen) atoms.